The predicted octanol–water partition coefficient (Wildman–Crippen LogP) is 3.19. The van der Waals surface area contributed by atoms with Gasteiger partial charge in [0, 0.05) is 18.3 Å². The first kappa shape index (κ1) is 12.4. The van der Waals surface area contributed by atoms with Crippen molar-refractivity contribution in [1.82, 2.24) is 5.32 Å². The number of halogens is 1. The lowest BCUT2D eigenvalue weighted by molar-refractivity contribution is 0.374. The van der Waals surface area contributed by atoms with E-state index in [9.17, 15) is 4.39 Å². The van der Waals surface area contributed by atoms with Gasteiger partial charge in [0.2, 0.25) is 0 Å². The summed E-state index contributed by atoms with van der Waals surface area (Å²) < 4.78 is 13.2. The predicted molar refractivity (Wildman–Crippen MR) is 70.2 cm³/mol. The number of hydrogen-bond donors (Lipinski definition) is 2. The molecule has 2 unspecified atom stereocenters. The Kier molecular flexibility index (Phi) is 4.00. The normalized spacial score (nSPS) is 22.2. The Labute approximate surface area is 103 Å². The fourth-order valence-electron chi connectivity index (χ4n) is 2.29. The zero-order valence-corrected chi connectivity index (χ0v) is 10.6. The van der Waals surface area contributed by atoms with Crippen molar-refractivity contribution >= 4 is 5.69 Å². The molecule has 1 aliphatic rings. The Morgan fingerprint density at radius 3 is 2.88 bits per heavy atom. The highest BCUT2D eigenvalue weighted by Gasteiger charge is 2.13. The van der Waals surface area contributed by atoms with Gasteiger partial charge in [0.05, 0.1) is 0 Å². The summed E-state index contributed by atoms with van der Waals surface area (Å²) in [6.07, 6.45) is 1.53. The number of piperidine rings is 1. The van der Waals surface area contributed by atoms with Crippen LogP contribution in [0.15, 0.2) is 18.2 Å². The minimum atomic E-state index is -0.890. The van der Waals surface area contributed by atoms with Crippen molar-refractivity contribution in [2.75, 3.05) is 18.4 Å². The van der Waals surface area contributed by atoms with Crippen LogP contribution in [0.1, 0.15) is 37.1 Å². The van der Waals surface area contributed by atoms with Gasteiger partial charge in [0.15, 0.2) is 0 Å². The second-order valence-corrected chi connectivity index (χ2v) is 4.88. The van der Waals surface area contributed by atoms with Gasteiger partial charge in [-0.1, -0.05) is 12.1 Å². The van der Waals surface area contributed by atoms with E-state index >= 15 is 0 Å². The molecular formula is C14H21FN2. The lowest BCUT2D eigenvalue weighted by atomic mass is 10.0. The SMILES string of the molecule is Cc1cc(C(C)F)ccc1NC1CCCNC1. The summed E-state index contributed by atoms with van der Waals surface area (Å²) in [7, 11) is 0. The molecule has 2 nitrogen and oxygen atoms in total. The number of alkyl halides is 1. The van der Waals surface area contributed by atoms with E-state index < -0.39 is 6.17 Å². The first-order valence-electron chi connectivity index (χ1n) is 6.38. The molecule has 2 rings (SSSR count). The highest BCUT2D eigenvalue weighted by atomic mass is 19.1. The maximum atomic E-state index is 13.2. The number of benzene rings is 1. The Balaban J connectivity index is 2.05. The van der Waals surface area contributed by atoms with E-state index in [-0.39, 0.29) is 0 Å². The third-order valence-corrected chi connectivity index (χ3v) is 3.37. The van der Waals surface area contributed by atoms with Crippen molar-refractivity contribution in [3.05, 3.63) is 29.3 Å². The fourth-order valence-corrected chi connectivity index (χ4v) is 2.29. The van der Waals surface area contributed by atoms with Gasteiger partial charge >= 0.3 is 0 Å². The number of rotatable bonds is 3. The first-order valence-corrected chi connectivity index (χ1v) is 6.38. The van der Waals surface area contributed by atoms with Crippen LogP contribution >= 0.6 is 0 Å². The third kappa shape index (κ3) is 3.19. The van der Waals surface area contributed by atoms with Crippen LogP contribution in [0.5, 0.6) is 0 Å². The molecule has 1 aromatic carbocycles. The smallest absolute Gasteiger partial charge is 0.122 e. The van der Waals surface area contributed by atoms with Gasteiger partial charge in [0.25, 0.3) is 0 Å². The van der Waals surface area contributed by atoms with Crippen LogP contribution in [0.4, 0.5) is 10.1 Å². The Hall–Kier alpha value is -1.09. The summed E-state index contributed by atoms with van der Waals surface area (Å²) >= 11 is 0. The molecule has 0 spiro atoms. The molecular weight excluding hydrogens is 215 g/mol. The first-order chi connectivity index (χ1) is 8.16. The third-order valence-electron chi connectivity index (χ3n) is 3.37. The van der Waals surface area contributed by atoms with Gasteiger partial charge in [-0.15, -0.1) is 0 Å². The van der Waals surface area contributed by atoms with E-state index in [4.69, 9.17) is 0 Å². The highest BCUT2D eigenvalue weighted by molar-refractivity contribution is 5.53. The van der Waals surface area contributed by atoms with E-state index in [1.807, 2.05) is 25.1 Å². The molecule has 1 aliphatic heterocycles. The standard InChI is InChI=1S/C14H21FN2/c1-10-8-12(11(2)15)5-6-14(10)17-13-4-3-7-16-9-13/h5-6,8,11,13,16-17H,3-4,7,9H2,1-2H3. The summed E-state index contributed by atoms with van der Waals surface area (Å²) in [5.41, 5.74) is 3.01. The van der Waals surface area contributed by atoms with Gasteiger partial charge in [-0.3, -0.25) is 0 Å². The van der Waals surface area contributed by atoms with Crippen molar-refractivity contribution in [3.8, 4) is 0 Å². The van der Waals surface area contributed by atoms with Crippen LogP contribution < -0.4 is 10.6 Å². The van der Waals surface area contributed by atoms with Gasteiger partial charge < -0.3 is 10.6 Å². The number of aryl methyl sites for hydroxylation is 1. The quantitative estimate of drug-likeness (QED) is 0.842. The second-order valence-electron chi connectivity index (χ2n) is 4.88. The molecule has 0 radical (unpaired) electrons. The summed E-state index contributed by atoms with van der Waals surface area (Å²) in [4.78, 5) is 0. The molecule has 0 aliphatic carbocycles. The van der Waals surface area contributed by atoms with Crippen LogP contribution in [0, 0.1) is 6.92 Å². The summed E-state index contributed by atoms with van der Waals surface area (Å²) in [5, 5.41) is 6.91. The summed E-state index contributed by atoms with van der Waals surface area (Å²) in [5.74, 6) is 0. The molecule has 1 aromatic rings. The summed E-state index contributed by atoms with van der Waals surface area (Å²) in [6.45, 7) is 5.74. The highest BCUT2D eigenvalue weighted by Crippen LogP contribution is 2.24. The van der Waals surface area contributed by atoms with E-state index in [1.54, 1.807) is 6.92 Å². The van der Waals surface area contributed by atoms with Gasteiger partial charge in [-0.25, -0.2) is 4.39 Å². The van der Waals surface area contributed by atoms with Crippen molar-refractivity contribution in [3.63, 3.8) is 0 Å². The number of nitrogens with one attached hydrogen (secondary N) is 2. The average molecular weight is 236 g/mol. The van der Waals surface area contributed by atoms with Crippen molar-refractivity contribution in [2.24, 2.45) is 0 Å². The van der Waals surface area contributed by atoms with E-state index in [0.29, 0.717) is 6.04 Å². The molecule has 94 valence electrons. The molecule has 1 saturated heterocycles. The lowest BCUT2D eigenvalue weighted by Gasteiger charge is -2.25. The minimum absolute atomic E-state index is 0.496. The maximum Gasteiger partial charge on any atom is 0.122 e. The Morgan fingerprint density at radius 1 is 1.47 bits per heavy atom. The van der Waals surface area contributed by atoms with Crippen LogP contribution in [0.3, 0.4) is 0 Å². The Morgan fingerprint density at radius 2 is 2.29 bits per heavy atom. The van der Waals surface area contributed by atoms with Gasteiger partial charge in [-0.2, -0.15) is 0 Å². The minimum Gasteiger partial charge on any atom is -0.381 e. The molecule has 0 bridgehead atoms. The van der Waals surface area contributed by atoms with Crippen LogP contribution in [-0.4, -0.2) is 19.1 Å². The largest absolute Gasteiger partial charge is 0.381 e. The van der Waals surface area contributed by atoms with E-state index in [0.717, 1.165) is 29.9 Å². The van der Waals surface area contributed by atoms with Crippen LogP contribution in [0.2, 0.25) is 0 Å². The van der Waals surface area contributed by atoms with E-state index in [1.165, 1.54) is 12.8 Å². The van der Waals surface area contributed by atoms with E-state index in [2.05, 4.69) is 10.6 Å². The zero-order chi connectivity index (χ0) is 12.3. The second kappa shape index (κ2) is 5.50. The molecule has 1 fully saturated rings. The molecule has 2 N–H and O–H groups in total. The summed E-state index contributed by atoms with van der Waals surface area (Å²) in [6, 6.07) is 6.30. The average Bonchev–Trinajstić information content (AvgIpc) is 2.33. The zero-order valence-electron chi connectivity index (χ0n) is 10.6. The number of hydrogen-bond acceptors (Lipinski definition) is 2. The monoisotopic (exact) mass is 236 g/mol. The van der Waals surface area contributed by atoms with Crippen molar-refractivity contribution in [1.29, 1.82) is 0 Å². The molecule has 3 heteroatoms. The fraction of sp³-hybridized carbons (Fsp3) is 0.571. The van der Waals surface area contributed by atoms with Gasteiger partial charge in [-0.05, 0) is 50.4 Å². The molecule has 2 atom stereocenters. The lowest BCUT2D eigenvalue weighted by Crippen LogP contribution is -2.38. The Bertz CT molecular complexity index is 370. The molecule has 1 heterocycles. The maximum absolute atomic E-state index is 13.2. The molecule has 0 amide bonds. The molecule has 17 heavy (non-hydrogen) atoms. The molecule has 0 aromatic heterocycles. The van der Waals surface area contributed by atoms with Crippen LogP contribution in [0.25, 0.3) is 0 Å². The van der Waals surface area contributed by atoms with Crippen molar-refractivity contribution in [2.45, 2.75) is 38.9 Å². The topological polar surface area (TPSA) is 24.1 Å². The molecule has 0 saturated carbocycles. The van der Waals surface area contributed by atoms with Gasteiger partial charge in [0.1, 0.15) is 6.17 Å². The van der Waals surface area contributed by atoms with Crippen LogP contribution in [-0.2, 0) is 0 Å². The number of anilines is 1. The van der Waals surface area contributed by atoms with Crippen molar-refractivity contribution < 1.29 is 4.39 Å².